The fourth-order valence-electron chi connectivity index (χ4n) is 3.16. The van der Waals surface area contributed by atoms with Crippen molar-refractivity contribution in [3.8, 4) is 17.2 Å². The third kappa shape index (κ3) is 3.43. The molecule has 1 aromatic heterocycles. The molecule has 1 aromatic carbocycles. The van der Waals surface area contributed by atoms with Crippen LogP contribution in [0.15, 0.2) is 40.7 Å². The van der Waals surface area contributed by atoms with Crippen molar-refractivity contribution in [3.05, 3.63) is 58.2 Å². The van der Waals surface area contributed by atoms with E-state index in [4.69, 9.17) is 23.9 Å². The number of benzene rings is 1. The summed E-state index contributed by atoms with van der Waals surface area (Å²) >= 11 is 0. The minimum absolute atomic E-state index is 0.529. The first-order valence-corrected chi connectivity index (χ1v) is 8.54. The van der Waals surface area contributed by atoms with E-state index in [1.165, 1.54) is 0 Å². The maximum absolute atomic E-state index is 5.59. The molecule has 3 rings (SSSR count). The highest BCUT2D eigenvalue weighted by molar-refractivity contribution is 6.14. The Balaban J connectivity index is 2.10. The monoisotopic (exact) mass is 368 g/mol. The second kappa shape index (κ2) is 7.61. The van der Waals surface area contributed by atoms with E-state index in [1.54, 1.807) is 28.4 Å². The molecule has 6 heteroatoms. The molecule has 6 nitrogen and oxygen atoms in total. The fraction of sp³-hybridized carbons (Fsp3) is 0.286. The molecule has 0 fully saturated rings. The Kier molecular flexibility index (Phi) is 5.26. The Morgan fingerprint density at radius 2 is 1.67 bits per heavy atom. The Hall–Kier alpha value is -3.15. The van der Waals surface area contributed by atoms with E-state index in [2.05, 4.69) is 18.0 Å². The van der Waals surface area contributed by atoms with Crippen LogP contribution in [0.2, 0.25) is 0 Å². The van der Waals surface area contributed by atoms with Crippen LogP contribution in [0.3, 0.4) is 0 Å². The predicted molar refractivity (Wildman–Crippen MR) is 106 cm³/mol. The zero-order valence-corrected chi connectivity index (χ0v) is 16.5. The molecule has 1 aliphatic heterocycles. The van der Waals surface area contributed by atoms with E-state index in [-0.39, 0.29) is 0 Å². The number of aromatic amines is 1. The molecule has 0 aliphatic carbocycles. The molecule has 0 bridgehead atoms. The maximum Gasteiger partial charge on any atom is 0.203 e. The lowest BCUT2D eigenvalue weighted by molar-refractivity contribution is 0.303. The minimum Gasteiger partial charge on any atom is -0.494 e. The Labute approximate surface area is 159 Å². The van der Waals surface area contributed by atoms with Gasteiger partial charge in [0.05, 0.1) is 34.2 Å². The van der Waals surface area contributed by atoms with Crippen molar-refractivity contribution >= 4 is 11.8 Å². The molecule has 0 unspecified atom stereocenters. The van der Waals surface area contributed by atoms with E-state index >= 15 is 0 Å². The highest BCUT2D eigenvalue weighted by Crippen LogP contribution is 2.41. The zero-order valence-electron chi connectivity index (χ0n) is 16.5. The number of hydrogen-bond donors (Lipinski definition) is 1. The van der Waals surface area contributed by atoms with Crippen molar-refractivity contribution < 1.29 is 18.9 Å². The van der Waals surface area contributed by atoms with E-state index in [0.717, 1.165) is 33.9 Å². The van der Waals surface area contributed by atoms with Crippen molar-refractivity contribution in [1.82, 2.24) is 4.98 Å². The molecule has 0 radical (unpaired) electrons. The lowest BCUT2D eigenvalue weighted by atomic mass is 10.1. The summed E-state index contributed by atoms with van der Waals surface area (Å²) in [7, 11) is 6.41. The third-order valence-electron chi connectivity index (χ3n) is 4.43. The topological polar surface area (TPSA) is 65.1 Å². The number of nitrogens with zero attached hydrogens (tertiary/aromatic N) is 1. The van der Waals surface area contributed by atoms with Gasteiger partial charge in [-0.3, -0.25) is 0 Å². The molecule has 2 aromatic rings. The molecule has 0 spiro atoms. The Morgan fingerprint density at radius 3 is 2.22 bits per heavy atom. The van der Waals surface area contributed by atoms with Gasteiger partial charge in [0.15, 0.2) is 11.5 Å². The van der Waals surface area contributed by atoms with Crippen LogP contribution in [0.5, 0.6) is 17.2 Å². The number of methoxy groups -OCH3 is 4. The van der Waals surface area contributed by atoms with Crippen LogP contribution < -0.4 is 14.2 Å². The number of aryl methyl sites for hydroxylation is 2. The van der Waals surface area contributed by atoms with Crippen molar-refractivity contribution in [3.63, 3.8) is 0 Å². The minimum atomic E-state index is 0.529. The molecule has 0 atom stereocenters. The van der Waals surface area contributed by atoms with Gasteiger partial charge in [-0.2, -0.15) is 0 Å². The first kappa shape index (κ1) is 18.6. The van der Waals surface area contributed by atoms with Gasteiger partial charge in [-0.15, -0.1) is 0 Å². The second-order valence-corrected chi connectivity index (χ2v) is 6.17. The number of ether oxygens (including phenoxy) is 4. The largest absolute Gasteiger partial charge is 0.494 e. The summed E-state index contributed by atoms with van der Waals surface area (Å²) in [6, 6.07) is 5.83. The number of nitrogens with one attached hydrogen (secondary N) is 1. The standard InChI is InChI=1S/C21H24N2O4/c1-12-9-13(2)22-15(12)10-17-19(25-4)11-16(23-17)14-7-8-18(24-3)21(27-6)20(14)26-5/h7-11,22H,1-6H3. The van der Waals surface area contributed by atoms with Crippen molar-refractivity contribution in [2.24, 2.45) is 4.99 Å². The normalized spacial score (nSPS) is 14.8. The SMILES string of the molecule is COC1=CC(c2ccc(OC)c(OC)c2OC)=NC1=Cc1[nH]c(C)cc1C. The molecular weight excluding hydrogens is 344 g/mol. The molecule has 1 N–H and O–H groups in total. The van der Waals surface area contributed by atoms with Crippen LogP contribution in [-0.2, 0) is 4.74 Å². The predicted octanol–water partition coefficient (Wildman–Crippen LogP) is 4.03. The van der Waals surface area contributed by atoms with Crippen LogP contribution >= 0.6 is 0 Å². The number of allylic oxidation sites excluding steroid dienone is 1. The van der Waals surface area contributed by atoms with Crippen molar-refractivity contribution in [2.45, 2.75) is 13.8 Å². The van der Waals surface area contributed by atoms with E-state index in [1.807, 2.05) is 31.2 Å². The summed E-state index contributed by atoms with van der Waals surface area (Å²) in [5.74, 6) is 2.38. The first-order valence-electron chi connectivity index (χ1n) is 8.54. The third-order valence-corrected chi connectivity index (χ3v) is 4.43. The molecule has 0 saturated carbocycles. The Morgan fingerprint density at radius 1 is 0.926 bits per heavy atom. The van der Waals surface area contributed by atoms with Gasteiger partial charge < -0.3 is 23.9 Å². The molecule has 142 valence electrons. The zero-order chi connectivity index (χ0) is 19.6. The van der Waals surface area contributed by atoms with Crippen LogP contribution in [0.4, 0.5) is 0 Å². The number of H-pyrrole nitrogens is 1. The lowest BCUT2D eigenvalue weighted by Crippen LogP contribution is -2.03. The fourth-order valence-corrected chi connectivity index (χ4v) is 3.16. The summed E-state index contributed by atoms with van der Waals surface area (Å²) in [6.07, 6.45) is 3.87. The van der Waals surface area contributed by atoms with E-state index < -0.39 is 0 Å². The molecule has 1 aliphatic rings. The van der Waals surface area contributed by atoms with Crippen molar-refractivity contribution in [2.75, 3.05) is 28.4 Å². The highest BCUT2D eigenvalue weighted by Gasteiger charge is 2.23. The summed E-state index contributed by atoms with van der Waals surface area (Å²) in [5, 5.41) is 0. The second-order valence-electron chi connectivity index (χ2n) is 6.17. The molecule has 0 saturated heterocycles. The van der Waals surface area contributed by atoms with E-state index in [9.17, 15) is 0 Å². The van der Waals surface area contributed by atoms with Crippen LogP contribution in [0.1, 0.15) is 22.5 Å². The first-order chi connectivity index (χ1) is 13.0. The van der Waals surface area contributed by atoms with Gasteiger partial charge in [-0.25, -0.2) is 4.99 Å². The molecule has 0 amide bonds. The van der Waals surface area contributed by atoms with Gasteiger partial charge in [-0.1, -0.05) is 0 Å². The van der Waals surface area contributed by atoms with Crippen LogP contribution in [0.25, 0.3) is 6.08 Å². The van der Waals surface area contributed by atoms with Crippen LogP contribution in [-0.4, -0.2) is 39.1 Å². The molecule has 27 heavy (non-hydrogen) atoms. The molecular formula is C21H24N2O4. The summed E-state index contributed by atoms with van der Waals surface area (Å²) < 4.78 is 22.0. The van der Waals surface area contributed by atoms with Gasteiger partial charge in [-0.05, 0) is 43.7 Å². The number of aromatic nitrogens is 1. The summed E-state index contributed by atoms with van der Waals surface area (Å²) in [6.45, 7) is 4.09. The van der Waals surface area contributed by atoms with E-state index in [0.29, 0.717) is 23.0 Å². The van der Waals surface area contributed by atoms with Gasteiger partial charge in [0.25, 0.3) is 0 Å². The lowest BCUT2D eigenvalue weighted by Gasteiger charge is -2.15. The smallest absolute Gasteiger partial charge is 0.203 e. The quantitative estimate of drug-likeness (QED) is 0.836. The number of hydrogen-bond acceptors (Lipinski definition) is 5. The maximum atomic E-state index is 5.59. The average Bonchev–Trinajstić information content (AvgIpc) is 3.22. The summed E-state index contributed by atoms with van der Waals surface area (Å²) in [4.78, 5) is 8.10. The van der Waals surface area contributed by atoms with Crippen molar-refractivity contribution in [1.29, 1.82) is 0 Å². The summed E-state index contributed by atoms with van der Waals surface area (Å²) in [5.41, 5.74) is 5.54. The average molecular weight is 368 g/mol. The Bertz CT molecular complexity index is 951. The van der Waals surface area contributed by atoms with Gasteiger partial charge in [0, 0.05) is 23.0 Å². The number of aliphatic imine (C=N–C) groups is 1. The molecule has 2 heterocycles. The van der Waals surface area contributed by atoms with Gasteiger partial charge >= 0.3 is 0 Å². The number of rotatable bonds is 6. The van der Waals surface area contributed by atoms with Gasteiger partial charge in [0.2, 0.25) is 5.75 Å². The van der Waals surface area contributed by atoms with Crippen LogP contribution in [0, 0.1) is 13.8 Å². The highest BCUT2D eigenvalue weighted by atomic mass is 16.5. The van der Waals surface area contributed by atoms with Gasteiger partial charge in [0.1, 0.15) is 11.5 Å².